The average Bonchev–Trinajstić information content (AvgIpc) is 2.53. The Kier molecular flexibility index (Phi) is 5.67. The molecule has 2 nitrogen and oxygen atoms in total. The Labute approximate surface area is 136 Å². The average molecular weight is 338 g/mol. The molecule has 0 aliphatic carbocycles. The number of ether oxygens (including phenoxy) is 1. The Hall–Kier alpha value is -2.45. The summed E-state index contributed by atoms with van der Waals surface area (Å²) in [6, 6.07) is 15.3. The van der Waals surface area contributed by atoms with E-state index in [1.807, 2.05) is 18.2 Å². The predicted molar refractivity (Wildman–Crippen MR) is 84.3 cm³/mol. The highest BCUT2D eigenvalue weighted by Crippen LogP contribution is 2.25. The third-order valence-electron chi connectivity index (χ3n) is 2.63. The number of aliphatic imine (C=N–C) groups is 1. The van der Waals surface area contributed by atoms with Crippen LogP contribution in [-0.2, 0) is 0 Å². The molecule has 0 saturated carbocycles. The number of rotatable bonds is 3. The lowest BCUT2D eigenvalue weighted by molar-refractivity contribution is -0.0558. The van der Waals surface area contributed by atoms with E-state index >= 15 is 0 Å². The summed E-state index contributed by atoms with van der Waals surface area (Å²) >= 11 is 5.16. The lowest BCUT2D eigenvalue weighted by atomic mass is 10.2. The number of nitrogens with zero attached hydrogens (tertiary/aromatic N) is 1. The van der Waals surface area contributed by atoms with E-state index in [4.69, 9.17) is 16.3 Å². The SMILES string of the molecule is FC(F)(F)C(Cl)=Nc1ccccc1C#CCOc1ccccc1. The predicted octanol–water partition coefficient (Wildman–Crippen LogP) is 4.95. The van der Waals surface area contributed by atoms with Crippen molar-refractivity contribution in [2.75, 3.05) is 6.61 Å². The molecular weight excluding hydrogens is 327 g/mol. The van der Waals surface area contributed by atoms with Crippen LogP contribution < -0.4 is 4.74 Å². The van der Waals surface area contributed by atoms with Gasteiger partial charge in [-0.3, -0.25) is 0 Å². The van der Waals surface area contributed by atoms with Gasteiger partial charge in [0.25, 0.3) is 0 Å². The normalized spacial score (nSPS) is 11.6. The van der Waals surface area contributed by atoms with E-state index < -0.39 is 11.3 Å². The molecule has 0 aliphatic heterocycles. The minimum absolute atomic E-state index is 0.0574. The Morgan fingerprint density at radius 3 is 2.39 bits per heavy atom. The number of benzene rings is 2. The minimum Gasteiger partial charge on any atom is -0.481 e. The van der Waals surface area contributed by atoms with Crippen molar-refractivity contribution >= 4 is 22.5 Å². The molecule has 0 saturated heterocycles. The van der Waals surface area contributed by atoms with Gasteiger partial charge in [-0.1, -0.05) is 53.8 Å². The second-order valence-electron chi connectivity index (χ2n) is 4.32. The van der Waals surface area contributed by atoms with E-state index in [9.17, 15) is 13.2 Å². The highest BCUT2D eigenvalue weighted by atomic mass is 35.5. The van der Waals surface area contributed by atoms with E-state index in [1.54, 1.807) is 30.3 Å². The maximum Gasteiger partial charge on any atom is 0.444 e. The molecule has 0 unspecified atom stereocenters. The van der Waals surface area contributed by atoms with E-state index in [1.165, 1.54) is 6.07 Å². The molecule has 23 heavy (non-hydrogen) atoms. The van der Waals surface area contributed by atoms with Gasteiger partial charge in [0.1, 0.15) is 12.4 Å². The third-order valence-corrected chi connectivity index (χ3v) is 2.93. The van der Waals surface area contributed by atoms with Crippen molar-refractivity contribution in [1.29, 1.82) is 0 Å². The maximum atomic E-state index is 12.4. The van der Waals surface area contributed by atoms with Crippen molar-refractivity contribution < 1.29 is 17.9 Å². The van der Waals surface area contributed by atoms with E-state index in [2.05, 4.69) is 16.8 Å². The molecule has 0 spiro atoms. The van der Waals surface area contributed by atoms with Crippen LogP contribution in [0.25, 0.3) is 0 Å². The molecule has 0 aliphatic rings. The van der Waals surface area contributed by atoms with Crippen molar-refractivity contribution in [3.05, 3.63) is 60.2 Å². The van der Waals surface area contributed by atoms with Gasteiger partial charge in [-0.2, -0.15) is 13.2 Å². The largest absolute Gasteiger partial charge is 0.481 e. The first-order valence-corrected chi connectivity index (χ1v) is 6.92. The second-order valence-corrected chi connectivity index (χ2v) is 4.68. The van der Waals surface area contributed by atoms with Gasteiger partial charge < -0.3 is 4.74 Å². The summed E-state index contributed by atoms with van der Waals surface area (Å²) in [4.78, 5) is 3.38. The zero-order valence-corrected chi connectivity index (χ0v) is 12.5. The summed E-state index contributed by atoms with van der Waals surface area (Å²) < 4.78 is 42.7. The van der Waals surface area contributed by atoms with Gasteiger partial charge in [-0.05, 0) is 24.3 Å². The Morgan fingerprint density at radius 2 is 1.70 bits per heavy atom. The van der Waals surface area contributed by atoms with Crippen LogP contribution in [0.15, 0.2) is 59.6 Å². The Morgan fingerprint density at radius 1 is 1.04 bits per heavy atom. The van der Waals surface area contributed by atoms with Crippen molar-refractivity contribution in [2.24, 2.45) is 4.99 Å². The fourth-order valence-corrected chi connectivity index (χ4v) is 1.70. The molecule has 0 amide bonds. The van der Waals surface area contributed by atoms with Gasteiger partial charge in [0.05, 0.1) is 11.3 Å². The van der Waals surface area contributed by atoms with Gasteiger partial charge in [0.15, 0.2) is 0 Å². The number of halogens is 4. The lowest BCUT2D eigenvalue weighted by Gasteiger charge is -2.04. The van der Waals surface area contributed by atoms with Gasteiger partial charge in [-0.15, -0.1) is 0 Å². The van der Waals surface area contributed by atoms with Gasteiger partial charge in [-0.25, -0.2) is 4.99 Å². The highest BCUT2D eigenvalue weighted by molar-refractivity contribution is 6.67. The molecule has 0 radical (unpaired) electrons. The minimum atomic E-state index is -4.68. The topological polar surface area (TPSA) is 21.6 Å². The van der Waals surface area contributed by atoms with Crippen LogP contribution in [-0.4, -0.2) is 18.0 Å². The molecule has 0 aromatic heterocycles. The molecule has 118 valence electrons. The monoisotopic (exact) mass is 337 g/mol. The summed E-state index contributed by atoms with van der Waals surface area (Å²) in [7, 11) is 0. The van der Waals surface area contributed by atoms with Gasteiger partial charge >= 0.3 is 6.18 Å². The summed E-state index contributed by atoms with van der Waals surface area (Å²) in [5, 5.41) is -1.44. The Bertz CT molecular complexity index is 746. The first-order chi connectivity index (χ1) is 11.0. The van der Waals surface area contributed by atoms with Crippen molar-refractivity contribution in [2.45, 2.75) is 6.18 Å². The smallest absolute Gasteiger partial charge is 0.444 e. The first kappa shape index (κ1) is 16.9. The molecule has 2 aromatic carbocycles. The van der Waals surface area contributed by atoms with Crippen LogP contribution in [0.5, 0.6) is 5.75 Å². The van der Waals surface area contributed by atoms with Crippen molar-refractivity contribution in [3.8, 4) is 17.6 Å². The summed E-state index contributed by atoms with van der Waals surface area (Å²) in [6.45, 7) is 0.106. The summed E-state index contributed by atoms with van der Waals surface area (Å²) in [6.07, 6.45) is -4.68. The van der Waals surface area contributed by atoms with Crippen molar-refractivity contribution in [1.82, 2.24) is 0 Å². The number of alkyl halides is 3. The lowest BCUT2D eigenvalue weighted by Crippen LogP contribution is -2.16. The van der Waals surface area contributed by atoms with E-state index in [-0.39, 0.29) is 12.3 Å². The van der Waals surface area contributed by atoms with Crippen LogP contribution in [0.2, 0.25) is 0 Å². The quantitative estimate of drug-likeness (QED) is 0.573. The van der Waals surface area contributed by atoms with E-state index in [0.717, 1.165) is 0 Å². The number of hydrogen-bond donors (Lipinski definition) is 0. The van der Waals surface area contributed by atoms with Crippen LogP contribution in [0.4, 0.5) is 18.9 Å². The zero-order chi connectivity index (χ0) is 16.7. The van der Waals surface area contributed by atoms with Crippen LogP contribution >= 0.6 is 11.6 Å². The number of hydrogen-bond acceptors (Lipinski definition) is 2. The summed E-state index contributed by atoms with van der Waals surface area (Å²) in [5.74, 6) is 6.13. The van der Waals surface area contributed by atoms with E-state index in [0.29, 0.717) is 11.3 Å². The molecule has 0 bridgehead atoms. The molecule has 6 heteroatoms. The maximum absolute atomic E-state index is 12.4. The molecule has 0 heterocycles. The molecule has 0 atom stereocenters. The molecular formula is C17H11ClF3NO. The highest BCUT2D eigenvalue weighted by Gasteiger charge is 2.34. The standard InChI is InChI=1S/C17H11ClF3NO/c18-16(17(19,20)21)22-15-11-5-4-7-13(15)8-6-12-23-14-9-2-1-3-10-14/h1-5,7,9-11H,12H2. The van der Waals surface area contributed by atoms with Gasteiger partial charge in [0.2, 0.25) is 5.17 Å². The third kappa shape index (κ3) is 5.35. The van der Waals surface area contributed by atoms with Crippen LogP contribution in [0.1, 0.15) is 5.56 Å². The molecule has 0 fully saturated rings. The van der Waals surface area contributed by atoms with Crippen LogP contribution in [0.3, 0.4) is 0 Å². The summed E-state index contributed by atoms with van der Waals surface area (Å²) in [5.41, 5.74) is 0.397. The molecule has 2 aromatic rings. The zero-order valence-electron chi connectivity index (χ0n) is 11.8. The molecule has 0 N–H and O–H groups in total. The second kappa shape index (κ2) is 7.70. The number of para-hydroxylation sites is 2. The fourth-order valence-electron chi connectivity index (χ4n) is 1.61. The Balaban J connectivity index is 2.11. The molecule has 2 rings (SSSR count). The van der Waals surface area contributed by atoms with Crippen molar-refractivity contribution in [3.63, 3.8) is 0 Å². The van der Waals surface area contributed by atoms with Crippen LogP contribution in [0, 0.1) is 11.8 Å². The first-order valence-electron chi connectivity index (χ1n) is 6.54. The fraction of sp³-hybridized carbons (Fsp3) is 0.118. The van der Waals surface area contributed by atoms with Gasteiger partial charge in [0, 0.05) is 0 Å².